The summed E-state index contributed by atoms with van der Waals surface area (Å²) in [6, 6.07) is 5.55. The van der Waals surface area contributed by atoms with Gasteiger partial charge in [0.15, 0.2) is 0 Å². The third kappa shape index (κ3) is 5.57. The summed E-state index contributed by atoms with van der Waals surface area (Å²) in [7, 11) is 0. The number of aliphatic hydroxyl groups is 1. The van der Waals surface area contributed by atoms with E-state index >= 15 is 0 Å². The molecule has 0 radical (unpaired) electrons. The lowest BCUT2D eigenvalue weighted by Gasteiger charge is -2.22. The summed E-state index contributed by atoms with van der Waals surface area (Å²) in [6.07, 6.45) is -0.560. The second-order valence-electron chi connectivity index (χ2n) is 5.06. The first-order chi connectivity index (χ1) is 8.29. The summed E-state index contributed by atoms with van der Waals surface area (Å²) in [5, 5.41) is 13.6. The second-order valence-corrected chi connectivity index (χ2v) is 6.26. The first-order valence-electron chi connectivity index (χ1n) is 5.79. The van der Waals surface area contributed by atoms with Crippen molar-refractivity contribution in [1.82, 2.24) is 0 Å². The van der Waals surface area contributed by atoms with Crippen LogP contribution in [0.1, 0.15) is 20.8 Å². The number of halogens is 2. The van der Waals surface area contributed by atoms with Crippen molar-refractivity contribution in [2.75, 3.05) is 18.5 Å². The maximum Gasteiger partial charge on any atom is 0.0945 e. The predicted molar refractivity (Wildman–Crippen MR) is 79.4 cm³/mol. The monoisotopic (exact) mass is 335 g/mol. The van der Waals surface area contributed by atoms with Crippen LogP contribution < -0.4 is 5.32 Å². The van der Waals surface area contributed by atoms with E-state index in [9.17, 15) is 5.11 Å². The summed E-state index contributed by atoms with van der Waals surface area (Å²) in [5.41, 5.74) is 0.620. The normalized spacial score (nSPS) is 13.4. The number of nitrogens with one attached hydrogen (secondary N) is 1. The van der Waals surface area contributed by atoms with Crippen molar-refractivity contribution < 1.29 is 9.84 Å². The Morgan fingerprint density at radius 2 is 2.11 bits per heavy atom. The minimum absolute atomic E-state index is 0.238. The molecule has 0 bridgehead atoms. The number of rotatable bonds is 5. The molecule has 0 heterocycles. The molecule has 0 aliphatic heterocycles. The lowest BCUT2D eigenvalue weighted by molar-refractivity contribution is -0.0449. The fraction of sp³-hybridized carbons (Fsp3) is 0.538. The van der Waals surface area contributed by atoms with Crippen LogP contribution in [0.5, 0.6) is 0 Å². The van der Waals surface area contributed by atoms with Crippen molar-refractivity contribution >= 4 is 33.2 Å². The molecule has 0 aliphatic rings. The SMILES string of the molecule is CC(C)(C)OCC(O)CNc1cccc(Cl)c1Br. The topological polar surface area (TPSA) is 41.5 Å². The molecule has 1 aromatic carbocycles. The second kappa shape index (κ2) is 6.75. The quantitative estimate of drug-likeness (QED) is 0.861. The Balaban J connectivity index is 2.43. The number of hydrogen-bond donors (Lipinski definition) is 2. The Labute approximate surface area is 122 Å². The third-order valence-corrected chi connectivity index (χ3v) is 3.59. The summed E-state index contributed by atoms with van der Waals surface area (Å²) < 4.78 is 6.31. The van der Waals surface area contributed by atoms with Crippen LogP contribution >= 0.6 is 27.5 Å². The van der Waals surface area contributed by atoms with Gasteiger partial charge in [-0.3, -0.25) is 0 Å². The highest BCUT2D eigenvalue weighted by molar-refractivity contribution is 9.10. The van der Waals surface area contributed by atoms with E-state index in [-0.39, 0.29) is 5.60 Å². The molecule has 102 valence electrons. The molecular formula is C13H19BrClNO2. The van der Waals surface area contributed by atoms with Crippen LogP contribution in [0.2, 0.25) is 5.02 Å². The zero-order chi connectivity index (χ0) is 13.8. The maximum atomic E-state index is 9.80. The van der Waals surface area contributed by atoms with Gasteiger partial charge in [0, 0.05) is 6.54 Å². The summed E-state index contributed by atoms with van der Waals surface area (Å²) in [5.74, 6) is 0. The Morgan fingerprint density at radius 3 is 2.72 bits per heavy atom. The molecule has 3 nitrogen and oxygen atoms in total. The van der Waals surface area contributed by atoms with Gasteiger partial charge in [-0.25, -0.2) is 0 Å². The highest BCUT2D eigenvalue weighted by Crippen LogP contribution is 2.29. The zero-order valence-corrected chi connectivity index (χ0v) is 13.2. The van der Waals surface area contributed by atoms with Crippen molar-refractivity contribution in [2.45, 2.75) is 32.5 Å². The van der Waals surface area contributed by atoms with Gasteiger partial charge in [0.25, 0.3) is 0 Å². The van der Waals surface area contributed by atoms with Gasteiger partial charge in [0.1, 0.15) is 0 Å². The Morgan fingerprint density at radius 1 is 1.44 bits per heavy atom. The van der Waals surface area contributed by atoms with E-state index in [0.717, 1.165) is 10.2 Å². The maximum absolute atomic E-state index is 9.80. The third-order valence-electron chi connectivity index (χ3n) is 2.19. The smallest absolute Gasteiger partial charge is 0.0945 e. The van der Waals surface area contributed by atoms with E-state index in [1.165, 1.54) is 0 Å². The van der Waals surface area contributed by atoms with E-state index in [1.54, 1.807) is 6.07 Å². The van der Waals surface area contributed by atoms with Crippen molar-refractivity contribution in [3.05, 3.63) is 27.7 Å². The lowest BCUT2D eigenvalue weighted by Crippen LogP contribution is -2.30. The number of hydrogen-bond acceptors (Lipinski definition) is 3. The van der Waals surface area contributed by atoms with Gasteiger partial charge in [-0.1, -0.05) is 17.7 Å². The molecule has 0 spiro atoms. The van der Waals surface area contributed by atoms with Gasteiger partial charge in [-0.05, 0) is 48.8 Å². The van der Waals surface area contributed by atoms with E-state index in [4.69, 9.17) is 16.3 Å². The number of aliphatic hydroxyl groups excluding tert-OH is 1. The first kappa shape index (κ1) is 15.8. The molecule has 5 heteroatoms. The molecule has 0 saturated heterocycles. The van der Waals surface area contributed by atoms with Gasteiger partial charge < -0.3 is 15.2 Å². The van der Waals surface area contributed by atoms with Crippen molar-refractivity contribution in [2.24, 2.45) is 0 Å². The molecule has 18 heavy (non-hydrogen) atoms. The minimum Gasteiger partial charge on any atom is -0.389 e. The average Bonchev–Trinajstić information content (AvgIpc) is 2.27. The Hall–Kier alpha value is -0.290. The molecule has 1 unspecified atom stereocenters. The number of ether oxygens (including phenoxy) is 1. The molecule has 0 aromatic heterocycles. The molecule has 1 atom stereocenters. The van der Waals surface area contributed by atoms with E-state index in [2.05, 4.69) is 21.2 Å². The molecular weight excluding hydrogens is 318 g/mol. The van der Waals surface area contributed by atoms with Crippen molar-refractivity contribution in [3.8, 4) is 0 Å². The summed E-state index contributed by atoms with van der Waals surface area (Å²) in [4.78, 5) is 0. The highest BCUT2D eigenvalue weighted by atomic mass is 79.9. The number of anilines is 1. The standard InChI is InChI=1S/C13H19BrClNO2/c1-13(2,3)18-8-9(17)7-16-11-6-4-5-10(15)12(11)14/h4-6,9,16-17H,7-8H2,1-3H3. The van der Waals surface area contributed by atoms with Crippen molar-refractivity contribution in [3.63, 3.8) is 0 Å². The summed E-state index contributed by atoms with van der Waals surface area (Å²) >= 11 is 9.37. The van der Waals surface area contributed by atoms with Crippen LogP contribution in [0.15, 0.2) is 22.7 Å². The van der Waals surface area contributed by atoms with Gasteiger partial charge in [0.05, 0.1) is 33.5 Å². The number of benzene rings is 1. The van der Waals surface area contributed by atoms with E-state index in [1.807, 2.05) is 32.9 Å². The molecule has 1 aromatic rings. The molecule has 1 rings (SSSR count). The minimum atomic E-state index is -0.560. The molecule has 0 aliphatic carbocycles. The predicted octanol–water partition coefficient (Wildman–Crippen LogP) is 3.69. The van der Waals surface area contributed by atoms with E-state index in [0.29, 0.717) is 18.2 Å². The molecule has 0 amide bonds. The van der Waals surface area contributed by atoms with Crippen LogP contribution in [0, 0.1) is 0 Å². The van der Waals surface area contributed by atoms with Gasteiger partial charge in [0.2, 0.25) is 0 Å². The van der Waals surface area contributed by atoms with Crippen molar-refractivity contribution in [1.29, 1.82) is 0 Å². The summed E-state index contributed by atoms with van der Waals surface area (Å²) in [6.45, 7) is 6.59. The zero-order valence-electron chi connectivity index (χ0n) is 10.8. The fourth-order valence-corrected chi connectivity index (χ4v) is 1.85. The lowest BCUT2D eigenvalue weighted by atomic mass is 10.2. The molecule has 0 saturated carbocycles. The van der Waals surface area contributed by atoms with Gasteiger partial charge in [-0.2, -0.15) is 0 Å². The highest BCUT2D eigenvalue weighted by Gasteiger charge is 2.14. The Bertz CT molecular complexity index is 393. The van der Waals surface area contributed by atoms with Crippen LogP contribution in [0.3, 0.4) is 0 Å². The van der Waals surface area contributed by atoms with Crippen LogP contribution in [-0.4, -0.2) is 30.0 Å². The van der Waals surface area contributed by atoms with Crippen LogP contribution in [0.25, 0.3) is 0 Å². The molecule has 2 N–H and O–H groups in total. The average molecular weight is 337 g/mol. The molecule has 0 fully saturated rings. The van der Waals surface area contributed by atoms with E-state index < -0.39 is 6.10 Å². The van der Waals surface area contributed by atoms with Gasteiger partial charge in [-0.15, -0.1) is 0 Å². The van der Waals surface area contributed by atoms with Crippen LogP contribution in [0.4, 0.5) is 5.69 Å². The van der Waals surface area contributed by atoms with Crippen LogP contribution in [-0.2, 0) is 4.74 Å². The Kier molecular flexibility index (Phi) is 5.92. The largest absolute Gasteiger partial charge is 0.389 e. The first-order valence-corrected chi connectivity index (χ1v) is 6.96. The fourth-order valence-electron chi connectivity index (χ4n) is 1.27. The van der Waals surface area contributed by atoms with Gasteiger partial charge >= 0.3 is 0 Å².